The van der Waals surface area contributed by atoms with Crippen LogP contribution in [-0.2, 0) is 11.6 Å². The number of pyridine rings is 3. The molecule has 4 aromatic rings. The van der Waals surface area contributed by atoms with Crippen molar-refractivity contribution in [1.82, 2.24) is 24.7 Å². The Kier molecular flexibility index (Phi) is 5.99. The minimum Gasteiger partial charge on any atom is -0.481 e. The number of rotatable bonds is 6. The summed E-state index contributed by atoms with van der Waals surface area (Å²) in [4.78, 5) is 13.7. The van der Waals surface area contributed by atoms with Crippen molar-refractivity contribution in [2.45, 2.75) is 25.4 Å². The average molecular weight is 469 g/mol. The zero-order valence-corrected chi connectivity index (χ0v) is 19.0. The summed E-state index contributed by atoms with van der Waals surface area (Å²) >= 11 is 0. The van der Waals surface area contributed by atoms with E-state index in [9.17, 15) is 13.2 Å². The van der Waals surface area contributed by atoms with Gasteiger partial charge in [0.15, 0.2) is 11.5 Å². The highest BCUT2D eigenvalue weighted by atomic mass is 19.4. The van der Waals surface area contributed by atoms with Crippen molar-refractivity contribution in [2.24, 2.45) is 0 Å². The van der Waals surface area contributed by atoms with Crippen molar-refractivity contribution in [1.29, 1.82) is 0 Å². The van der Waals surface area contributed by atoms with Gasteiger partial charge < -0.3 is 9.47 Å². The molecule has 0 radical (unpaired) electrons. The lowest BCUT2D eigenvalue weighted by Gasteiger charge is -2.24. The van der Waals surface area contributed by atoms with E-state index in [0.717, 1.165) is 10.7 Å². The molecule has 0 aliphatic rings. The van der Waals surface area contributed by atoms with Gasteiger partial charge in [0.05, 0.1) is 36.9 Å². The molecule has 0 unspecified atom stereocenters. The fraction of sp³-hybridized carbons (Fsp3) is 0.250. The van der Waals surface area contributed by atoms with Crippen molar-refractivity contribution in [3.05, 3.63) is 77.9 Å². The zero-order chi connectivity index (χ0) is 24.5. The van der Waals surface area contributed by atoms with E-state index in [1.165, 1.54) is 20.4 Å². The van der Waals surface area contributed by atoms with Gasteiger partial charge in [0.2, 0.25) is 11.8 Å². The van der Waals surface area contributed by atoms with Crippen LogP contribution in [0.25, 0.3) is 17.1 Å². The molecule has 0 atom stereocenters. The Labute approximate surface area is 194 Å². The van der Waals surface area contributed by atoms with Crippen molar-refractivity contribution >= 4 is 0 Å². The number of halogens is 3. The third-order valence-corrected chi connectivity index (χ3v) is 5.39. The molecule has 4 rings (SSSR count). The molecular weight excluding hydrogens is 447 g/mol. The third kappa shape index (κ3) is 4.43. The Morgan fingerprint density at radius 2 is 1.47 bits per heavy atom. The fourth-order valence-electron chi connectivity index (χ4n) is 3.45. The van der Waals surface area contributed by atoms with Gasteiger partial charge >= 0.3 is 6.18 Å². The number of hydrogen-bond acceptors (Lipinski definition) is 6. The molecule has 0 saturated heterocycles. The summed E-state index contributed by atoms with van der Waals surface area (Å²) in [5, 5.41) is 3.62. The van der Waals surface area contributed by atoms with E-state index in [2.05, 4.69) is 15.1 Å². The van der Waals surface area contributed by atoms with Crippen molar-refractivity contribution in [3.8, 4) is 28.8 Å². The maximum Gasteiger partial charge on any atom is 0.435 e. The van der Waals surface area contributed by atoms with E-state index >= 15 is 0 Å². The van der Waals surface area contributed by atoms with Crippen molar-refractivity contribution < 1.29 is 22.6 Å². The third-order valence-electron chi connectivity index (χ3n) is 5.39. The average Bonchev–Trinajstić information content (AvgIpc) is 3.35. The van der Waals surface area contributed by atoms with Crippen LogP contribution in [0.4, 0.5) is 13.2 Å². The van der Waals surface area contributed by atoms with Crippen LogP contribution in [0.3, 0.4) is 0 Å². The smallest absolute Gasteiger partial charge is 0.435 e. The van der Waals surface area contributed by atoms with E-state index in [0.29, 0.717) is 34.4 Å². The van der Waals surface area contributed by atoms with Gasteiger partial charge in [0.1, 0.15) is 0 Å². The number of aromatic nitrogens is 5. The predicted octanol–water partition coefficient (Wildman–Crippen LogP) is 5.09. The summed E-state index contributed by atoms with van der Waals surface area (Å²) in [6.45, 7) is 3.89. The normalized spacial score (nSPS) is 12.0. The highest BCUT2D eigenvalue weighted by Gasteiger charge is 2.34. The Hall–Kier alpha value is -3.95. The molecule has 7 nitrogen and oxygen atoms in total. The van der Waals surface area contributed by atoms with Gasteiger partial charge in [-0.05, 0) is 50.2 Å². The largest absolute Gasteiger partial charge is 0.481 e. The monoisotopic (exact) mass is 469 g/mol. The summed E-state index contributed by atoms with van der Waals surface area (Å²) in [5.74, 6) is 1.07. The molecule has 0 fully saturated rings. The second kappa shape index (κ2) is 8.77. The lowest BCUT2D eigenvalue weighted by Crippen LogP contribution is -2.23. The Morgan fingerprint density at radius 1 is 0.765 bits per heavy atom. The van der Waals surface area contributed by atoms with Crippen LogP contribution >= 0.6 is 0 Å². The quantitative estimate of drug-likeness (QED) is 0.392. The van der Waals surface area contributed by atoms with Crippen LogP contribution in [0.15, 0.2) is 60.8 Å². The number of hydrogen-bond donors (Lipinski definition) is 0. The number of nitrogens with zero attached hydrogens (tertiary/aromatic N) is 5. The first-order valence-corrected chi connectivity index (χ1v) is 10.3. The maximum atomic E-state index is 13.0. The van der Waals surface area contributed by atoms with Crippen LogP contribution in [0.2, 0.25) is 0 Å². The van der Waals surface area contributed by atoms with Crippen LogP contribution < -0.4 is 9.47 Å². The summed E-state index contributed by atoms with van der Waals surface area (Å²) in [6, 6.07) is 15.2. The zero-order valence-electron chi connectivity index (χ0n) is 19.0. The van der Waals surface area contributed by atoms with E-state index in [1.807, 2.05) is 44.2 Å². The molecule has 0 spiro atoms. The van der Waals surface area contributed by atoms with Gasteiger partial charge in [-0.2, -0.15) is 23.3 Å². The highest BCUT2D eigenvalue weighted by Crippen LogP contribution is 2.34. The molecule has 0 aliphatic carbocycles. The Balaban J connectivity index is 1.71. The minimum absolute atomic E-state index is 0.276. The van der Waals surface area contributed by atoms with Gasteiger partial charge in [-0.25, -0.2) is 9.67 Å². The Morgan fingerprint density at radius 3 is 2.12 bits per heavy atom. The highest BCUT2D eigenvalue weighted by molar-refractivity contribution is 5.66. The number of ether oxygens (including phenoxy) is 2. The van der Waals surface area contributed by atoms with Gasteiger partial charge in [-0.1, -0.05) is 12.1 Å². The molecule has 0 aliphatic heterocycles. The van der Waals surface area contributed by atoms with E-state index in [4.69, 9.17) is 14.5 Å². The summed E-state index contributed by atoms with van der Waals surface area (Å²) in [5.41, 5.74) is 1.03. The van der Waals surface area contributed by atoms with Crippen LogP contribution in [0, 0.1) is 0 Å². The molecule has 10 heteroatoms. The molecular formula is C24H22F3N5O2. The molecule has 0 saturated carbocycles. The molecule has 4 heterocycles. The second-order valence-corrected chi connectivity index (χ2v) is 7.97. The van der Waals surface area contributed by atoms with Crippen LogP contribution in [-0.4, -0.2) is 39.0 Å². The van der Waals surface area contributed by atoms with Crippen LogP contribution in [0.1, 0.15) is 30.9 Å². The topological polar surface area (TPSA) is 75.0 Å². The fourth-order valence-corrected chi connectivity index (χ4v) is 3.45. The maximum absolute atomic E-state index is 13.0. The lowest BCUT2D eigenvalue weighted by atomic mass is 9.84. The van der Waals surface area contributed by atoms with E-state index in [1.54, 1.807) is 18.2 Å². The van der Waals surface area contributed by atoms with E-state index in [-0.39, 0.29) is 5.82 Å². The number of methoxy groups -OCH3 is 2. The SMILES string of the molecule is COc1ccc(-c2cccc(C(C)(C)c3cccc(-n4ccc(C(F)(F)F)n4)n3)n2)c(OC)n1. The van der Waals surface area contributed by atoms with Crippen molar-refractivity contribution in [3.63, 3.8) is 0 Å². The predicted molar refractivity (Wildman–Crippen MR) is 119 cm³/mol. The lowest BCUT2D eigenvalue weighted by molar-refractivity contribution is -0.141. The molecule has 0 amide bonds. The first-order chi connectivity index (χ1) is 16.1. The standard InChI is InChI=1S/C24H22F3N5O2/c1-23(2,18-9-6-10-20(29-18)32-14-13-19(31-32)24(25,26)27)17-8-5-7-16(28-17)15-11-12-21(33-3)30-22(15)34-4/h5-14H,1-4H3. The molecule has 0 aromatic carbocycles. The molecule has 0 N–H and O–H groups in total. The second-order valence-electron chi connectivity index (χ2n) is 7.97. The molecule has 176 valence electrons. The summed E-state index contributed by atoms with van der Waals surface area (Å²) in [6.07, 6.45) is -3.28. The summed E-state index contributed by atoms with van der Waals surface area (Å²) in [7, 11) is 3.05. The van der Waals surface area contributed by atoms with Gasteiger partial charge in [-0.15, -0.1) is 0 Å². The van der Waals surface area contributed by atoms with E-state index < -0.39 is 17.3 Å². The summed E-state index contributed by atoms with van der Waals surface area (Å²) < 4.78 is 50.6. The van der Waals surface area contributed by atoms with Gasteiger partial charge in [0.25, 0.3) is 0 Å². The first-order valence-electron chi connectivity index (χ1n) is 10.3. The van der Waals surface area contributed by atoms with Crippen molar-refractivity contribution in [2.75, 3.05) is 14.2 Å². The van der Waals surface area contributed by atoms with Gasteiger partial charge in [0, 0.05) is 17.7 Å². The molecule has 34 heavy (non-hydrogen) atoms. The first kappa shape index (κ1) is 23.2. The van der Waals surface area contributed by atoms with Crippen LogP contribution in [0.5, 0.6) is 11.8 Å². The Bertz CT molecular complexity index is 1320. The van der Waals surface area contributed by atoms with Gasteiger partial charge in [-0.3, -0.25) is 4.98 Å². The molecule has 0 bridgehead atoms. The minimum atomic E-state index is -4.52. The number of alkyl halides is 3. The molecule has 4 aromatic heterocycles.